The molecular weight excluding hydrogens is 204 g/mol. The molecule has 0 amide bonds. The Morgan fingerprint density at radius 1 is 1.44 bits per heavy atom. The van der Waals surface area contributed by atoms with Crippen molar-refractivity contribution in [1.29, 1.82) is 0 Å². The van der Waals surface area contributed by atoms with Crippen molar-refractivity contribution in [3.05, 3.63) is 0 Å². The van der Waals surface area contributed by atoms with E-state index in [1.165, 1.54) is 25.9 Å². The first-order valence-electron chi connectivity index (χ1n) is 6.26. The van der Waals surface area contributed by atoms with Gasteiger partial charge in [-0.1, -0.05) is 0 Å². The molecule has 0 bridgehead atoms. The van der Waals surface area contributed by atoms with Crippen LogP contribution in [0.5, 0.6) is 0 Å². The topological polar surface area (TPSA) is 44.7 Å². The lowest BCUT2D eigenvalue weighted by Gasteiger charge is -2.50. The van der Waals surface area contributed by atoms with Crippen molar-refractivity contribution in [2.75, 3.05) is 47.0 Å². The second kappa shape index (κ2) is 5.00. The maximum atomic E-state index is 9.59. The van der Waals surface area contributed by atoms with Crippen molar-refractivity contribution in [3.8, 4) is 0 Å². The van der Waals surface area contributed by atoms with Crippen molar-refractivity contribution in [2.45, 2.75) is 18.9 Å². The summed E-state index contributed by atoms with van der Waals surface area (Å²) in [7, 11) is 4.19. The molecule has 2 aliphatic rings. The zero-order chi connectivity index (χ0) is 11.6. The summed E-state index contributed by atoms with van der Waals surface area (Å²) < 4.78 is 5.31. The quantitative estimate of drug-likeness (QED) is 0.707. The lowest BCUT2D eigenvalue weighted by molar-refractivity contribution is -0.165. The predicted octanol–water partition coefficient (Wildman–Crippen LogP) is -0.0749. The van der Waals surface area contributed by atoms with E-state index in [9.17, 15) is 5.11 Å². The number of ether oxygens (including phenoxy) is 1. The van der Waals surface area contributed by atoms with Crippen LogP contribution in [0.15, 0.2) is 0 Å². The third-order valence-electron chi connectivity index (χ3n) is 4.30. The second-order valence-corrected chi connectivity index (χ2v) is 5.42. The number of aliphatic hydroxyl groups excluding tert-OH is 1. The molecule has 1 atom stereocenters. The molecule has 0 aromatic carbocycles. The summed E-state index contributed by atoms with van der Waals surface area (Å²) in [5, 5.41) is 13.0. The van der Waals surface area contributed by atoms with Crippen molar-refractivity contribution < 1.29 is 9.84 Å². The molecule has 2 fully saturated rings. The van der Waals surface area contributed by atoms with E-state index in [0.717, 1.165) is 0 Å². The van der Waals surface area contributed by atoms with E-state index in [4.69, 9.17) is 4.74 Å². The van der Waals surface area contributed by atoms with E-state index in [1.54, 1.807) is 0 Å². The zero-order valence-electron chi connectivity index (χ0n) is 10.4. The first kappa shape index (κ1) is 12.3. The number of hydrogen-bond donors (Lipinski definition) is 2. The molecule has 0 aromatic rings. The van der Waals surface area contributed by atoms with Gasteiger partial charge in [0.15, 0.2) is 0 Å². The summed E-state index contributed by atoms with van der Waals surface area (Å²) in [5.41, 5.74) is -0.0185. The van der Waals surface area contributed by atoms with Crippen LogP contribution in [0.4, 0.5) is 0 Å². The second-order valence-electron chi connectivity index (χ2n) is 5.42. The number of hydrogen-bond acceptors (Lipinski definition) is 4. The van der Waals surface area contributed by atoms with Gasteiger partial charge in [0.1, 0.15) is 0 Å². The van der Waals surface area contributed by atoms with Crippen LogP contribution in [0.25, 0.3) is 0 Å². The highest BCUT2D eigenvalue weighted by atomic mass is 16.5. The van der Waals surface area contributed by atoms with Gasteiger partial charge in [-0.2, -0.15) is 0 Å². The summed E-state index contributed by atoms with van der Waals surface area (Å²) in [6, 6.07) is 0.403. The molecule has 0 spiro atoms. The normalized spacial score (nSPS) is 28.7. The Kier molecular flexibility index (Phi) is 3.85. The SMILES string of the molecule is CNC(C1CCN(C)CC1)C1(CO)COC1. The van der Waals surface area contributed by atoms with Crippen LogP contribution in [-0.2, 0) is 4.74 Å². The fourth-order valence-electron chi connectivity index (χ4n) is 3.14. The number of nitrogens with one attached hydrogen (secondary N) is 1. The molecule has 0 radical (unpaired) electrons. The lowest BCUT2D eigenvalue weighted by atomic mass is 9.70. The van der Waals surface area contributed by atoms with Gasteiger partial charge >= 0.3 is 0 Å². The first-order chi connectivity index (χ1) is 7.72. The molecule has 1 unspecified atom stereocenters. The molecule has 0 saturated carbocycles. The molecule has 94 valence electrons. The van der Waals surface area contributed by atoms with Crippen LogP contribution in [0.3, 0.4) is 0 Å². The minimum atomic E-state index is -0.0185. The largest absolute Gasteiger partial charge is 0.396 e. The Morgan fingerprint density at radius 2 is 2.06 bits per heavy atom. The Balaban J connectivity index is 1.99. The zero-order valence-corrected chi connectivity index (χ0v) is 10.4. The summed E-state index contributed by atoms with van der Waals surface area (Å²) in [4.78, 5) is 2.38. The smallest absolute Gasteiger partial charge is 0.0582 e. The molecule has 2 heterocycles. The fraction of sp³-hybridized carbons (Fsp3) is 1.00. The fourth-order valence-corrected chi connectivity index (χ4v) is 3.14. The number of nitrogens with zero attached hydrogens (tertiary/aromatic N) is 1. The molecule has 2 rings (SSSR count). The van der Waals surface area contributed by atoms with Crippen molar-refractivity contribution in [3.63, 3.8) is 0 Å². The Hall–Kier alpha value is -0.160. The number of aliphatic hydroxyl groups is 1. The van der Waals surface area contributed by atoms with E-state index in [1.807, 2.05) is 7.05 Å². The van der Waals surface area contributed by atoms with E-state index in [2.05, 4.69) is 17.3 Å². The summed E-state index contributed by atoms with van der Waals surface area (Å²) in [6.45, 7) is 4.00. The van der Waals surface area contributed by atoms with Gasteiger partial charge in [0, 0.05) is 6.04 Å². The molecule has 0 aromatic heterocycles. The number of likely N-dealkylation sites (tertiary alicyclic amines) is 1. The third-order valence-corrected chi connectivity index (χ3v) is 4.30. The van der Waals surface area contributed by atoms with Gasteiger partial charge in [-0.05, 0) is 45.9 Å². The van der Waals surface area contributed by atoms with Gasteiger partial charge < -0.3 is 20.1 Å². The van der Waals surface area contributed by atoms with Crippen LogP contribution in [0, 0.1) is 11.3 Å². The van der Waals surface area contributed by atoms with Crippen molar-refractivity contribution in [2.24, 2.45) is 11.3 Å². The number of rotatable bonds is 4. The van der Waals surface area contributed by atoms with Crippen LogP contribution in [0.2, 0.25) is 0 Å². The van der Waals surface area contributed by atoms with Gasteiger partial charge in [-0.3, -0.25) is 0 Å². The first-order valence-corrected chi connectivity index (χ1v) is 6.26. The highest BCUT2D eigenvalue weighted by molar-refractivity contribution is 4.99. The van der Waals surface area contributed by atoms with Gasteiger partial charge in [0.05, 0.1) is 25.2 Å². The van der Waals surface area contributed by atoms with Gasteiger partial charge in [0.25, 0.3) is 0 Å². The highest BCUT2D eigenvalue weighted by Crippen LogP contribution is 2.37. The monoisotopic (exact) mass is 228 g/mol. The van der Waals surface area contributed by atoms with Gasteiger partial charge in [0.2, 0.25) is 0 Å². The van der Waals surface area contributed by atoms with Crippen LogP contribution in [0.1, 0.15) is 12.8 Å². The number of piperidine rings is 1. The van der Waals surface area contributed by atoms with Gasteiger partial charge in [-0.25, -0.2) is 0 Å². The molecule has 0 aliphatic carbocycles. The molecule has 2 N–H and O–H groups in total. The van der Waals surface area contributed by atoms with Gasteiger partial charge in [-0.15, -0.1) is 0 Å². The standard InChI is InChI=1S/C12H24N2O2/c1-13-11(12(7-15)8-16-9-12)10-3-5-14(2)6-4-10/h10-11,13,15H,3-9H2,1-2H3. The van der Waals surface area contributed by atoms with E-state index in [-0.39, 0.29) is 12.0 Å². The maximum absolute atomic E-state index is 9.59. The summed E-state index contributed by atoms with van der Waals surface area (Å²) >= 11 is 0. The van der Waals surface area contributed by atoms with Crippen LogP contribution >= 0.6 is 0 Å². The van der Waals surface area contributed by atoms with Crippen molar-refractivity contribution in [1.82, 2.24) is 10.2 Å². The average Bonchev–Trinajstić information content (AvgIpc) is 2.25. The van der Waals surface area contributed by atoms with E-state index >= 15 is 0 Å². The maximum Gasteiger partial charge on any atom is 0.0582 e. The average molecular weight is 228 g/mol. The third kappa shape index (κ3) is 2.12. The predicted molar refractivity (Wildman–Crippen MR) is 63.4 cm³/mol. The molecule has 4 heteroatoms. The van der Waals surface area contributed by atoms with E-state index < -0.39 is 0 Å². The Labute approximate surface area is 98.0 Å². The summed E-state index contributed by atoms with van der Waals surface area (Å²) in [6.07, 6.45) is 2.45. The minimum Gasteiger partial charge on any atom is -0.396 e. The van der Waals surface area contributed by atoms with E-state index in [0.29, 0.717) is 25.2 Å². The van der Waals surface area contributed by atoms with Crippen LogP contribution < -0.4 is 5.32 Å². The molecule has 2 aliphatic heterocycles. The van der Waals surface area contributed by atoms with Crippen LogP contribution in [-0.4, -0.2) is 63.1 Å². The summed E-state index contributed by atoms with van der Waals surface area (Å²) in [5.74, 6) is 0.678. The molecule has 4 nitrogen and oxygen atoms in total. The lowest BCUT2D eigenvalue weighted by Crippen LogP contribution is -2.62. The molecule has 2 saturated heterocycles. The molecular formula is C12H24N2O2. The highest BCUT2D eigenvalue weighted by Gasteiger charge is 2.47. The molecule has 16 heavy (non-hydrogen) atoms. The Morgan fingerprint density at radius 3 is 2.44 bits per heavy atom. The Bertz CT molecular complexity index is 218. The van der Waals surface area contributed by atoms with Crippen molar-refractivity contribution >= 4 is 0 Å². The minimum absolute atomic E-state index is 0.0185.